The maximum Gasteiger partial charge on any atom is 0.245 e. The van der Waals surface area contributed by atoms with Crippen LogP contribution >= 0.6 is 0 Å². The monoisotopic (exact) mass is 237 g/mol. The molecule has 0 spiro atoms. The Morgan fingerprint density at radius 3 is 2.82 bits per heavy atom. The van der Waals surface area contributed by atoms with E-state index in [9.17, 15) is 5.21 Å². The van der Waals surface area contributed by atoms with Crippen molar-refractivity contribution in [1.29, 1.82) is 0 Å². The van der Waals surface area contributed by atoms with Crippen molar-refractivity contribution in [3.8, 4) is 5.75 Å². The van der Waals surface area contributed by atoms with Crippen molar-refractivity contribution < 1.29 is 20.0 Å². The molecule has 0 radical (unpaired) electrons. The first-order valence-corrected chi connectivity index (χ1v) is 5.59. The molecular weight excluding hydrogens is 220 g/mol. The van der Waals surface area contributed by atoms with Crippen LogP contribution in [0.4, 0.5) is 0 Å². The van der Waals surface area contributed by atoms with Crippen LogP contribution in [0.25, 0.3) is 0 Å². The van der Waals surface area contributed by atoms with Gasteiger partial charge in [0.25, 0.3) is 0 Å². The van der Waals surface area contributed by atoms with Crippen LogP contribution in [0.5, 0.6) is 5.75 Å². The smallest absolute Gasteiger partial charge is 0.245 e. The van der Waals surface area contributed by atoms with E-state index in [0.717, 1.165) is 24.2 Å². The van der Waals surface area contributed by atoms with Gasteiger partial charge in [-0.05, 0) is 29.7 Å². The fourth-order valence-corrected chi connectivity index (χ4v) is 2.32. The van der Waals surface area contributed by atoms with Crippen molar-refractivity contribution in [2.75, 3.05) is 7.11 Å². The number of methoxy groups -OCH3 is 1. The van der Waals surface area contributed by atoms with Gasteiger partial charge < -0.3 is 9.94 Å². The van der Waals surface area contributed by atoms with Crippen molar-refractivity contribution in [3.63, 3.8) is 0 Å². The Balaban J connectivity index is 2.34. The van der Waals surface area contributed by atoms with Crippen LogP contribution in [0.3, 0.4) is 0 Å². The van der Waals surface area contributed by atoms with Gasteiger partial charge in [-0.15, -0.1) is 0 Å². The summed E-state index contributed by atoms with van der Waals surface area (Å²) < 4.78 is 5.19. The summed E-state index contributed by atoms with van der Waals surface area (Å²) in [5.74, 6) is 0.804. The molecule has 1 aromatic rings. The van der Waals surface area contributed by atoms with Crippen molar-refractivity contribution in [2.24, 2.45) is 5.28 Å². The lowest BCUT2D eigenvalue weighted by atomic mass is 9.79. The Bertz CT molecular complexity index is 459. The highest BCUT2D eigenvalue weighted by Crippen LogP contribution is 2.32. The standard InChI is InChI=1S/C12H16N2O3/c1-12(14(16)13-15)6-5-9-3-4-11(17-2)7-10(9)8-12/h3-4,7,16H,5-6,8H2,1-2H3/p+1. The van der Waals surface area contributed by atoms with E-state index in [2.05, 4.69) is 5.28 Å². The summed E-state index contributed by atoms with van der Waals surface area (Å²) in [6, 6.07) is 5.96. The van der Waals surface area contributed by atoms with Crippen molar-refractivity contribution >= 4 is 0 Å². The van der Waals surface area contributed by atoms with Gasteiger partial charge in [0.15, 0.2) is 0 Å². The molecule has 1 aromatic carbocycles. The Morgan fingerprint density at radius 1 is 1.41 bits per heavy atom. The minimum atomic E-state index is -0.561. The van der Waals surface area contributed by atoms with Crippen LogP contribution in [0, 0.1) is 0 Å². The number of aryl methyl sites for hydroxylation is 1. The first-order valence-electron chi connectivity index (χ1n) is 5.59. The van der Waals surface area contributed by atoms with E-state index < -0.39 is 5.54 Å². The predicted octanol–water partition coefficient (Wildman–Crippen LogP) is 2.19. The van der Waals surface area contributed by atoms with Crippen LogP contribution < -0.4 is 4.74 Å². The highest BCUT2D eigenvalue weighted by Gasteiger charge is 2.43. The molecule has 0 amide bonds. The van der Waals surface area contributed by atoms with E-state index in [-0.39, 0.29) is 0 Å². The van der Waals surface area contributed by atoms with Gasteiger partial charge in [0.05, 0.1) is 7.11 Å². The second kappa shape index (κ2) is 4.24. The van der Waals surface area contributed by atoms with E-state index in [1.165, 1.54) is 5.56 Å². The summed E-state index contributed by atoms with van der Waals surface area (Å²) in [7, 11) is 1.63. The van der Waals surface area contributed by atoms with Gasteiger partial charge in [-0.2, -0.15) is 0 Å². The van der Waals surface area contributed by atoms with Crippen LogP contribution in [-0.2, 0) is 12.8 Å². The topological polar surface area (TPSA) is 65.1 Å². The minimum Gasteiger partial charge on any atom is -0.497 e. The molecule has 2 rings (SSSR count). The van der Waals surface area contributed by atoms with Crippen molar-refractivity contribution in [3.05, 3.63) is 29.3 Å². The van der Waals surface area contributed by atoms with Crippen LogP contribution in [0.2, 0.25) is 0 Å². The first-order chi connectivity index (χ1) is 8.09. The number of fused-ring (bicyclic) bond motifs is 1. The van der Waals surface area contributed by atoms with Gasteiger partial charge in [-0.3, -0.25) is 5.21 Å². The fourth-order valence-electron chi connectivity index (χ4n) is 2.32. The van der Waals surface area contributed by atoms with E-state index in [1.807, 2.05) is 25.1 Å². The lowest BCUT2D eigenvalue weighted by Crippen LogP contribution is -2.42. The van der Waals surface area contributed by atoms with E-state index in [1.54, 1.807) is 7.11 Å². The summed E-state index contributed by atoms with van der Waals surface area (Å²) in [5, 5.41) is 21.1. The quantitative estimate of drug-likeness (QED) is 0.470. The molecule has 92 valence electrons. The number of rotatable bonds is 2. The molecule has 1 unspecified atom stereocenters. The normalized spacial score (nSPS) is 24.2. The fraction of sp³-hybridized carbons (Fsp3) is 0.500. The molecule has 0 heterocycles. The van der Waals surface area contributed by atoms with Crippen molar-refractivity contribution in [1.82, 2.24) is 0 Å². The largest absolute Gasteiger partial charge is 0.497 e. The summed E-state index contributed by atoms with van der Waals surface area (Å²) >= 11 is 0. The Kier molecular flexibility index (Phi) is 2.92. The molecule has 0 aromatic heterocycles. The van der Waals surface area contributed by atoms with Crippen LogP contribution in [-0.4, -0.2) is 27.9 Å². The second-order valence-electron chi connectivity index (χ2n) is 4.69. The number of hydrogen-bond donors (Lipinski definition) is 2. The zero-order valence-corrected chi connectivity index (χ0v) is 10.1. The molecule has 0 fully saturated rings. The number of hydroxylamine groups is 1. The zero-order valence-electron chi connectivity index (χ0n) is 10.1. The number of nitrogens with zero attached hydrogens (tertiary/aromatic N) is 2. The molecule has 2 N–H and O–H groups in total. The number of hydrogen-bond acceptors (Lipinski definition) is 2. The molecular formula is C12H17N2O3+. The molecule has 0 saturated heterocycles. The van der Waals surface area contributed by atoms with Gasteiger partial charge in [-0.25, -0.2) is 0 Å². The van der Waals surface area contributed by atoms with E-state index in [0.29, 0.717) is 11.3 Å². The zero-order chi connectivity index (χ0) is 12.5. The molecule has 5 heteroatoms. The Morgan fingerprint density at radius 2 is 2.18 bits per heavy atom. The number of ether oxygens (including phenoxy) is 1. The summed E-state index contributed by atoms with van der Waals surface area (Å²) in [6.07, 6.45) is 2.22. The highest BCUT2D eigenvalue weighted by atomic mass is 16.6. The van der Waals surface area contributed by atoms with Gasteiger partial charge >= 0.3 is 0 Å². The second-order valence-corrected chi connectivity index (χ2v) is 4.69. The SMILES string of the molecule is COc1ccc2c(c1)CC(C)([N+](O)=NO)CC2. The molecule has 1 aliphatic carbocycles. The third-order valence-electron chi connectivity index (χ3n) is 3.49. The van der Waals surface area contributed by atoms with Gasteiger partial charge in [0.2, 0.25) is 10.8 Å². The summed E-state index contributed by atoms with van der Waals surface area (Å²) in [4.78, 5) is 0.648. The van der Waals surface area contributed by atoms with Crippen molar-refractivity contribution in [2.45, 2.75) is 31.7 Å². The molecule has 1 atom stereocenters. The van der Waals surface area contributed by atoms with E-state index >= 15 is 0 Å². The predicted molar refractivity (Wildman–Crippen MR) is 59.7 cm³/mol. The molecule has 0 bridgehead atoms. The number of benzene rings is 1. The van der Waals surface area contributed by atoms with Crippen LogP contribution in [0.15, 0.2) is 23.5 Å². The molecule has 17 heavy (non-hydrogen) atoms. The first kappa shape index (κ1) is 11.7. The van der Waals surface area contributed by atoms with Crippen LogP contribution in [0.1, 0.15) is 24.5 Å². The average Bonchev–Trinajstić information content (AvgIpc) is 2.36. The Hall–Kier alpha value is -1.78. The Labute approximate surface area is 99.9 Å². The van der Waals surface area contributed by atoms with Gasteiger partial charge in [0.1, 0.15) is 10.6 Å². The summed E-state index contributed by atoms with van der Waals surface area (Å²) in [5.41, 5.74) is 1.82. The van der Waals surface area contributed by atoms with E-state index in [4.69, 9.17) is 9.94 Å². The lowest BCUT2D eigenvalue weighted by molar-refractivity contribution is -0.883. The highest BCUT2D eigenvalue weighted by molar-refractivity contribution is 5.38. The summed E-state index contributed by atoms with van der Waals surface area (Å²) in [6.45, 7) is 1.87. The van der Waals surface area contributed by atoms with Gasteiger partial charge in [0, 0.05) is 19.8 Å². The average molecular weight is 237 g/mol. The minimum absolute atomic E-state index is 0.561. The molecule has 0 saturated carbocycles. The van der Waals surface area contributed by atoms with Gasteiger partial charge in [-0.1, -0.05) is 6.07 Å². The molecule has 0 aliphatic heterocycles. The molecule has 5 nitrogen and oxygen atoms in total. The lowest BCUT2D eigenvalue weighted by Gasteiger charge is -2.26. The third-order valence-corrected chi connectivity index (χ3v) is 3.49. The third kappa shape index (κ3) is 2.05. The maximum atomic E-state index is 9.58. The molecule has 1 aliphatic rings. The maximum absolute atomic E-state index is 9.58.